The van der Waals surface area contributed by atoms with Gasteiger partial charge in [-0.3, -0.25) is 14.4 Å². The molecule has 0 aromatic carbocycles. The minimum absolute atomic E-state index is 0.0452. The van der Waals surface area contributed by atoms with E-state index in [0.717, 1.165) is 31.3 Å². The van der Waals surface area contributed by atoms with E-state index in [4.69, 9.17) is 4.74 Å². The van der Waals surface area contributed by atoms with Crippen molar-refractivity contribution in [3.8, 4) is 0 Å². The number of aliphatic carboxylic acids is 1. The number of fused-ring (bicyclic) bond motifs is 5. The van der Waals surface area contributed by atoms with Gasteiger partial charge in [-0.25, -0.2) is 0 Å². The summed E-state index contributed by atoms with van der Waals surface area (Å²) in [6.45, 7) is 6.43. The third kappa shape index (κ3) is 3.12. The lowest BCUT2D eigenvalue weighted by atomic mass is 9.42. The van der Waals surface area contributed by atoms with Gasteiger partial charge in [0.15, 0.2) is 5.78 Å². The summed E-state index contributed by atoms with van der Waals surface area (Å²) in [7, 11) is 1.43. The number of esters is 1. The van der Waals surface area contributed by atoms with Crippen LogP contribution in [-0.2, 0) is 19.1 Å². The maximum Gasteiger partial charge on any atom is 0.309 e. The fraction of sp³-hybridized carbons (Fsp3) is 0.800. The van der Waals surface area contributed by atoms with Gasteiger partial charge in [0.05, 0.1) is 18.6 Å². The number of ether oxygens (including phenoxy) is 1. The number of ketones is 1. The molecule has 0 radical (unpaired) electrons. The summed E-state index contributed by atoms with van der Waals surface area (Å²) >= 11 is 0. The molecule has 3 saturated carbocycles. The zero-order chi connectivity index (χ0) is 22.8. The van der Waals surface area contributed by atoms with Crippen LogP contribution < -0.4 is 0 Å². The second-order valence-corrected chi connectivity index (χ2v) is 11.0. The molecular formula is C25H36O6. The molecule has 0 amide bonds. The highest BCUT2D eigenvalue weighted by molar-refractivity contribution is 5.92. The van der Waals surface area contributed by atoms with Gasteiger partial charge in [-0.2, -0.15) is 0 Å². The zero-order valence-corrected chi connectivity index (χ0v) is 19.1. The van der Waals surface area contributed by atoms with Crippen molar-refractivity contribution in [3.63, 3.8) is 0 Å². The second-order valence-electron chi connectivity index (χ2n) is 11.0. The molecule has 0 saturated heterocycles. The molecule has 0 aliphatic heterocycles. The number of hydrogen-bond donors (Lipinski definition) is 2. The Kier molecular flexibility index (Phi) is 5.39. The molecule has 0 spiro atoms. The average Bonchev–Trinajstić information content (AvgIpc) is 2.99. The van der Waals surface area contributed by atoms with Crippen LogP contribution in [0, 0.1) is 40.4 Å². The van der Waals surface area contributed by atoms with Crippen LogP contribution in [-0.4, -0.2) is 40.6 Å². The third-order valence-electron chi connectivity index (χ3n) is 10.0. The number of rotatable bonds is 4. The number of carbonyl (C=O) groups is 3. The molecule has 6 heteroatoms. The van der Waals surface area contributed by atoms with E-state index in [1.165, 1.54) is 7.11 Å². The van der Waals surface area contributed by atoms with Crippen molar-refractivity contribution in [2.24, 2.45) is 40.4 Å². The summed E-state index contributed by atoms with van der Waals surface area (Å²) < 4.78 is 5.27. The molecule has 3 fully saturated rings. The maximum atomic E-state index is 13.1. The topological polar surface area (TPSA) is 101 Å². The van der Waals surface area contributed by atoms with Crippen LogP contribution in [0.2, 0.25) is 0 Å². The average molecular weight is 433 g/mol. The molecule has 2 unspecified atom stereocenters. The monoisotopic (exact) mass is 432 g/mol. The summed E-state index contributed by atoms with van der Waals surface area (Å²) in [5.41, 5.74) is -0.462. The highest BCUT2D eigenvalue weighted by Crippen LogP contribution is 2.70. The number of allylic oxidation sites excluding steroid dienone is 1. The molecule has 6 nitrogen and oxygen atoms in total. The Morgan fingerprint density at radius 2 is 1.84 bits per heavy atom. The van der Waals surface area contributed by atoms with Crippen molar-refractivity contribution in [1.29, 1.82) is 0 Å². The first kappa shape index (κ1) is 22.5. The Hall–Kier alpha value is -1.69. The molecule has 4 aliphatic carbocycles. The van der Waals surface area contributed by atoms with Gasteiger partial charge >= 0.3 is 11.9 Å². The van der Waals surface area contributed by atoms with Crippen LogP contribution in [0.5, 0.6) is 0 Å². The maximum absolute atomic E-state index is 13.1. The van der Waals surface area contributed by atoms with Crippen LogP contribution >= 0.6 is 0 Å². The number of carboxylic acids is 1. The Morgan fingerprint density at radius 3 is 2.48 bits per heavy atom. The fourth-order valence-electron chi connectivity index (χ4n) is 8.29. The predicted octanol–water partition coefficient (Wildman–Crippen LogP) is 3.76. The molecule has 0 heterocycles. The summed E-state index contributed by atoms with van der Waals surface area (Å²) in [5, 5.41) is 20.8. The summed E-state index contributed by atoms with van der Waals surface area (Å²) in [5.74, 6) is -0.943. The molecule has 31 heavy (non-hydrogen) atoms. The number of carbonyl (C=O) groups excluding carboxylic acids is 2. The third-order valence-corrected chi connectivity index (χ3v) is 10.0. The molecule has 4 rings (SSSR count). The summed E-state index contributed by atoms with van der Waals surface area (Å²) in [6.07, 6.45) is 6.41. The van der Waals surface area contributed by atoms with Crippen molar-refractivity contribution in [2.45, 2.75) is 77.7 Å². The van der Waals surface area contributed by atoms with Gasteiger partial charge in [-0.1, -0.05) is 26.3 Å². The van der Waals surface area contributed by atoms with E-state index in [9.17, 15) is 24.6 Å². The number of carboxylic acid groups (broad SMARTS) is 1. The van der Waals surface area contributed by atoms with Gasteiger partial charge < -0.3 is 14.9 Å². The largest absolute Gasteiger partial charge is 0.481 e. The predicted molar refractivity (Wildman–Crippen MR) is 114 cm³/mol. The lowest BCUT2D eigenvalue weighted by Gasteiger charge is -2.62. The normalized spacial score (nSPS) is 46.4. The van der Waals surface area contributed by atoms with E-state index in [0.29, 0.717) is 12.8 Å². The Morgan fingerprint density at radius 1 is 1.16 bits per heavy atom. The van der Waals surface area contributed by atoms with Crippen LogP contribution in [0.15, 0.2) is 11.6 Å². The Balaban J connectivity index is 1.78. The highest BCUT2D eigenvalue weighted by atomic mass is 16.5. The van der Waals surface area contributed by atoms with Gasteiger partial charge in [-0.15, -0.1) is 0 Å². The first-order valence-corrected chi connectivity index (χ1v) is 11.8. The van der Waals surface area contributed by atoms with Crippen LogP contribution in [0.4, 0.5) is 0 Å². The standard InChI is InChI=1S/C25H36O6/c1-14-18-13-15(26)5-9-23(18,2)16-6-10-24(3)17(21(16)20(14)22(29)31-4)7-11-25(24,30)12-8-19(27)28/h13-14,16-17,20-21,30H,5-12H2,1-4H3,(H,27,28)/t14?,16-,17-,20?,21+,23+,24-,25-/m0/s1. The van der Waals surface area contributed by atoms with Gasteiger partial charge in [0.1, 0.15) is 0 Å². The minimum atomic E-state index is -1.02. The van der Waals surface area contributed by atoms with Gasteiger partial charge in [0.25, 0.3) is 0 Å². The van der Waals surface area contributed by atoms with Crippen molar-refractivity contribution in [3.05, 3.63) is 11.6 Å². The van der Waals surface area contributed by atoms with Gasteiger partial charge in [0.2, 0.25) is 0 Å². The van der Waals surface area contributed by atoms with Gasteiger partial charge in [0, 0.05) is 12.8 Å². The lowest BCUT2D eigenvalue weighted by Crippen LogP contribution is -2.60. The Labute approximate surface area is 184 Å². The first-order chi connectivity index (χ1) is 14.5. The molecule has 8 atom stereocenters. The van der Waals surface area contributed by atoms with Crippen molar-refractivity contribution >= 4 is 17.7 Å². The van der Waals surface area contributed by atoms with Crippen molar-refractivity contribution < 1.29 is 29.3 Å². The molecule has 0 bridgehead atoms. The molecular weight excluding hydrogens is 396 g/mol. The van der Waals surface area contributed by atoms with E-state index in [1.807, 2.05) is 0 Å². The number of aliphatic hydroxyl groups is 1. The quantitative estimate of drug-likeness (QED) is 0.656. The van der Waals surface area contributed by atoms with E-state index in [-0.39, 0.29) is 59.6 Å². The lowest BCUT2D eigenvalue weighted by molar-refractivity contribution is -0.174. The van der Waals surface area contributed by atoms with E-state index in [2.05, 4.69) is 20.8 Å². The van der Waals surface area contributed by atoms with E-state index < -0.39 is 17.0 Å². The van der Waals surface area contributed by atoms with Crippen LogP contribution in [0.1, 0.15) is 72.1 Å². The second kappa shape index (κ2) is 7.43. The van der Waals surface area contributed by atoms with Crippen LogP contribution in [0.3, 0.4) is 0 Å². The highest BCUT2D eigenvalue weighted by Gasteiger charge is 2.67. The Bertz CT molecular complexity index is 832. The number of hydrogen-bond acceptors (Lipinski definition) is 5. The fourth-order valence-corrected chi connectivity index (χ4v) is 8.29. The summed E-state index contributed by atoms with van der Waals surface area (Å²) in [4.78, 5) is 36.6. The van der Waals surface area contributed by atoms with Gasteiger partial charge in [-0.05, 0) is 79.1 Å². The molecule has 4 aliphatic rings. The van der Waals surface area contributed by atoms with Crippen molar-refractivity contribution in [2.75, 3.05) is 7.11 Å². The molecule has 172 valence electrons. The van der Waals surface area contributed by atoms with E-state index in [1.54, 1.807) is 6.08 Å². The van der Waals surface area contributed by atoms with Crippen LogP contribution in [0.25, 0.3) is 0 Å². The number of methoxy groups -OCH3 is 1. The molecule has 2 N–H and O–H groups in total. The molecule has 0 aromatic heterocycles. The van der Waals surface area contributed by atoms with Crippen molar-refractivity contribution in [1.82, 2.24) is 0 Å². The smallest absolute Gasteiger partial charge is 0.309 e. The molecule has 0 aromatic rings. The first-order valence-electron chi connectivity index (χ1n) is 11.8. The van der Waals surface area contributed by atoms with E-state index >= 15 is 0 Å². The SMILES string of the molecule is COC(=O)C1C(C)C2=CC(=O)CC[C@]2(C)[C@H]2CC[C@@]3(C)[C@@H](CC[C@]3(O)CCC(=O)O)[C@H]12. The minimum Gasteiger partial charge on any atom is -0.481 e. The zero-order valence-electron chi connectivity index (χ0n) is 19.1. The summed E-state index contributed by atoms with van der Waals surface area (Å²) in [6, 6.07) is 0.